The normalized spacial score (nSPS) is 19.9. The second kappa shape index (κ2) is 13.7. The van der Waals surface area contributed by atoms with Gasteiger partial charge in [-0.1, -0.05) is 36.4 Å². The molecule has 3 atom stereocenters. The number of fused-ring (bicyclic) bond motifs is 2. The molecule has 12 heteroatoms. The molecule has 2 bridgehead atoms. The number of hydrogen-bond donors (Lipinski definition) is 5. The van der Waals surface area contributed by atoms with Gasteiger partial charge in [-0.15, -0.1) is 0 Å². The average molecular weight is 564 g/mol. The summed E-state index contributed by atoms with van der Waals surface area (Å²) in [6.07, 6.45) is 4.23. The van der Waals surface area contributed by atoms with Gasteiger partial charge in [0.15, 0.2) is 0 Å². The Hall–Kier alpha value is -4.58. The Labute approximate surface area is 237 Å². The van der Waals surface area contributed by atoms with Crippen LogP contribution in [0.2, 0.25) is 0 Å². The fraction of sp³-hybridized carbons (Fsp3) is 0.345. The van der Waals surface area contributed by atoms with Gasteiger partial charge >= 0.3 is 0 Å². The number of aromatic nitrogens is 2. The number of amides is 4. The van der Waals surface area contributed by atoms with Crippen molar-refractivity contribution in [1.29, 1.82) is 0 Å². The summed E-state index contributed by atoms with van der Waals surface area (Å²) in [6.45, 7) is 1.45. The van der Waals surface area contributed by atoms with Crippen LogP contribution in [0.1, 0.15) is 46.6 Å². The molecule has 0 spiro atoms. The van der Waals surface area contributed by atoms with Crippen molar-refractivity contribution in [1.82, 2.24) is 30.8 Å². The van der Waals surface area contributed by atoms with Gasteiger partial charge < -0.3 is 31.6 Å². The first kappa shape index (κ1) is 29.4. The summed E-state index contributed by atoms with van der Waals surface area (Å²) in [5, 5.41) is 8.25. The summed E-state index contributed by atoms with van der Waals surface area (Å²) in [4.78, 5) is 60.8. The number of nitrogens with two attached hydrogens (primary N) is 1. The second-order valence-electron chi connectivity index (χ2n) is 10.0. The lowest BCUT2D eigenvalue weighted by Crippen LogP contribution is -2.53. The molecule has 11 nitrogen and oxygen atoms in total. The quantitative estimate of drug-likeness (QED) is 0.318. The molecule has 4 rings (SSSR count). The maximum absolute atomic E-state index is 14.5. The van der Waals surface area contributed by atoms with Gasteiger partial charge in [-0.05, 0) is 43.0 Å². The third kappa shape index (κ3) is 7.98. The van der Waals surface area contributed by atoms with Crippen LogP contribution in [0.15, 0.2) is 61.1 Å². The van der Waals surface area contributed by atoms with Crippen LogP contribution in [0.5, 0.6) is 0 Å². The molecule has 2 heterocycles. The fourth-order valence-electron chi connectivity index (χ4n) is 4.62. The molecular weight excluding hydrogens is 529 g/mol. The minimum absolute atomic E-state index is 0.0608. The first-order valence-electron chi connectivity index (χ1n) is 13.4. The molecule has 0 aliphatic carbocycles. The van der Waals surface area contributed by atoms with Gasteiger partial charge in [0, 0.05) is 31.4 Å². The van der Waals surface area contributed by atoms with Crippen molar-refractivity contribution in [3.8, 4) is 0 Å². The number of nitrogens with zero attached hydrogens (tertiary/aromatic N) is 2. The van der Waals surface area contributed by atoms with Crippen LogP contribution in [-0.2, 0) is 27.2 Å². The highest BCUT2D eigenvalue weighted by Crippen LogP contribution is 2.17. The summed E-state index contributed by atoms with van der Waals surface area (Å²) in [7, 11) is 0. The number of hydrogen-bond acceptors (Lipinski definition) is 6. The predicted octanol–water partition coefficient (Wildman–Crippen LogP) is 0.986. The Bertz CT molecular complexity index is 1370. The van der Waals surface area contributed by atoms with Crippen molar-refractivity contribution >= 4 is 23.6 Å². The zero-order chi connectivity index (χ0) is 29.4. The standard InChI is InChI=1S/C29H34FN7O4/c1-18-27(39)36-25(20-7-3-2-4-8-20)15-37(29(41)24(31)13-21-14-32-17-34-21)16-26(38)33-11-5-6-19-9-10-23(30)22(12-19)28(40)35-18/h2-4,7-10,12,14,17-18,24-25H,5-6,11,13,15-16,31H2,1H3,(H,32,34)(H,33,38)(H,35,40)(H,36,39)/t18-,24+,25-/m1/s1. The molecule has 1 aliphatic heterocycles. The lowest BCUT2D eigenvalue weighted by atomic mass is 10.0. The summed E-state index contributed by atoms with van der Waals surface area (Å²) >= 11 is 0. The van der Waals surface area contributed by atoms with Gasteiger partial charge in [0.1, 0.15) is 11.9 Å². The molecule has 1 aromatic heterocycles. The molecule has 0 fully saturated rings. The molecule has 0 radical (unpaired) electrons. The van der Waals surface area contributed by atoms with E-state index in [1.807, 2.05) is 6.07 Å². The third-order valence-electron chi connectivity index (χ3n) is 6.86. The van der Waals surface area contributed by atoms with E-state index in [2.05, 4.69) is 25.9 Å². The van der Waals surface area contributed by atoms with Crippen LogP contribution < -0.4 is 21.7 Å². The van der Waals surface area contributed by atoms with Crippen LogP contribution in [0.3, 0.4) is 0 Å². The Morgan fingerprint density at radius 3 is 2.66 bits per heavy atom. The lowest BCUT2D eigenvalue weighted by Gasteiger charge is -2.30. The van der Waals surface area contributed by atoms with Crippen LogP contribution in [-0.4, -0.2) is 70.2 Å². The number of nitrogens with one attached hydrogen (secondary N) is 4. The van der Waals surface area contributed by atoms with E-state index in [9.17, 15) is 23.6 Å². The number of halogens is 1. The third-order valence-corrected chi connectivity index (χ3v) is 6.86. The molecule has 0 saturated carbocycles. The van der Waals surface area contributed by atoms with Crippen molar-refractivity contribution in [3.63, 3.8) is 0 Å². The molecule has 41 heavy (non-hydrogen) atoms. The highest BCUT2D eigenvalue weighted by atomic mass is 19.1. The molecule has 216 valence electrons. The maximum Gasteiger partial charge on any atom is 0.254 e. The Balaban J connectivity index is 1.63. The average Bonchev–Trinajstić information content (AvgIpc) is 3.47. The summed E-state index contributed by atoms with van der Waals surface area (Å²) in [5.74, 6) is -2.84. The van der Waals surface area contributed by atoms with Crippen LogP contribution in [0.25, 0.3) is 0 Å². The van der Waals surface area contributed by atoms with Crippen LogP contribution in [0.4, 0.5) is 4.39 Å². The van der Waals surface area contributed by atoms with Crippen molar-refractivity contribution in [2.24, 2.45) is 5.73 Å². The van der Waals surface area contributed by atoms with Gasteiger partial charge in [0.05, 0.1) is 30.5 Å². The number of carbonyl (C=O) groups is 4. The van der Waals surface area contributed by atoms with Crippen molar-refractivity contribution in [2.75, 3.05) is 19.6 Å². The van der Waals surface area contributed by atoms with E-state index in [0.29, 0.717) is 36.2 Å². The highest BCUT2D eigenvalue weighted by molar-refractivity contribution is 5.98. The first-order chi connectivity index (χ1) is 19.7. The van der Waals surface area contributed by atoms with Crippen molar-refractivity contribution in [2.45, 2.75) is 44.3 Å². The second-order valence-corrected chi connectivity index (χ2v) is 10.0. The largest absolute Gasteiger partial charge is 0.355 e. The Morgan fingerprint density at radius 1 is 1.15 bits per heavy atom. The van der Waals surface area contributed by atoms with E-state index in [1.165, 1.54) is 30.3 Å². The smallest absolute Gasteiger partial charge is 0.254 e. The number of imidazole rings is 1. The summed E-state index contributed by atoms with van der Waals surface area (Å²) < 4.78 is 14.5. The van der Waals surface area contributed by atoms with E-state index in [4.69, 9.17) is 5.73 Å². The molecule has 3 aromatic rings. The molecule has 1 aliphatic rings. The van der Waals surface area contributed by atoms with Gasteiger partial charge in [0.25, 0.3) is 5.91 Å². The molecule has 0 saturated heterocycles. The maximum atomic E-state index is 14.5. The van der Waals surface area contributed by atoms with E-state index >= 15 is 0 Å². The number of aryl methyl sites for hydroxylation is 1. The summed E-state index contributed by atoms with van der Waals surface area (Å²) in [6, 6.07) is 10.4. The topological polar surface area (TPSA) is 162 Å². The van der Waals surface area contributed by atoms with Crippen LogP contribution in [0, 0.1) is 5.82 Å². The molecule has 4 amide bonds. The highest BCUT2D eigenvalue weighted by Gasteiger charge is 2.29. The molecule has 2 aromatic carbocycles. The number of rotatable bonds is 4. The van der Waals surface area contributed by atoms with E-state index in [1.54, 1.807) is 36.5 Å². The number of H-pyrrole nitrogens is 1. The monoisotopic (exact) mass is 563 g/mol. The van der Waals surface area contributed by atoms with Gasteiger partial charge in [0.2, 0.25) is 17.7 Å². The van der Waals surface area contributed by atoms with Crippen molar-refractivity contribution < 1.29 is 23.6 Å². The van der Waals surface area contributed by atoms with Gasteiger partial charge in [-0.2, -0.15) is 0 Å². The SMILES string of the molecule is C[C@H]1NC(=O)c2cc(ccc2F)CCCNC(=O)CN(C(=O)[C@@H](N)Cc2cnc[nH]2)C[C@H](c2ccccc2)NC1=O. The number of aromatic amines is 1. The van der Waals surface area contributed by atoms with Gasteiger partial charge in [-0.25, -0.2) is 9.37 Å². The number of carbonyl (C=O) groups excluding carboxylic acids is 4. The summed E-state index contributed by atoms with van der Waals surface area (Å²) in [5.41, 5.74) is 8.14. The lowest BCUT2D eigenvalue weighted by molar-refractivity contribution is -0.138. The molecular formula is C29H34FN7O4. The Morgan fingerprint density at radius 2 is 1.93 bits per heavy atom. The van der Waals surface area contributed by atoms with E-state index in [0.717, 1.165) is 0 Å². The fourth-order valence-corrected chi connectivity index (χ4v) is 4.62. The minimum Gasteiger partial charge on any atom is -0.355 e. The Kier molecular flexibility index (Phi) is 9.80. The molecule has 0 unspecified atom stereocenters. The molecule has 6 N–H and O–H groups in total. The van der Waals surface area contributed by atoms with Crippen LogP contribution >= 0.6 is 0 Å². The van der Waals surface area contributed by atoms with Gasteiger partial charge in [-0.3, -0.25) is 19.2 Å². The zero-order valence-electron chi connectivity index (χ0n) is 22.7. The van der Waals surface area contributed by atoms with E-state index < -0.39 is 41.7 Å². The number of benzene rings is 2. The van der Waals surface area contributed by atoms with Crippen molar-refractivity contribution in [3.05, 3.63) is 89.3 Å². The van der Waals surface area contributed by atoms with E-state index in [-0.39, 0.29) is 31.0 Å². The minimum atomic E-state index is -1.03. The first-order valence-corrected chi connectivity index (χ1v) is 13.4. The predicted molar refractivity (Wildman–Crippen MR) is 149 cm³/mol. The zero-order valence-corrected chi connectivity index (χ0v) is 22.7.